The van der Waals surface area contributed by atoms with E-state index in [1.165, 1.54) is 0 Å². The van der Waals surface area contributed by atoms with Crippen molar-refractivity contribution < 1.29 is 4.74 Å². The fourth-order valence-corrected chi connectivity index (χ4v) is 2.05. The van der Waals surface area contributed by atoms with Crippen LogP contribution in [-0.2, 0) is 0 Å². The third kappa shape index (κ3) is 5.22. The second-order valence-electron chi connectivity index (χ2n) is 5.85. The zero-order valence-electron chi connectivity index (χ0n) is 12.9. The lowest BCUT2D eigenvalue weighted by Gasteiger charge is -2.17. The topological polar surface area (TPSA) is 59.0 Å². The van der Waals surface area contributed by atoms with Crippen LogP contribution in [0.3, 0.4) is 0 Å². The van der Waals surface area contributed by atoms with Gasteiger partial charge in [-0.15, -0.1) is 0 Å². The fraction of sp³-hybridized carbons (Fsp3) is 0.588. The van der Waals surface area contributed by atoms with Crippen molar-refractivity contribution >= 4 is 0 Å². The van der Waals surface area contributed by atoms with Crippen molar-refractivity contribution in [2.24, 2.45) is 11.1 Å². The van der Waals surface area contributed by atoms with Gasteiger partial charge in [0, 0.05) is 11.6 Å². The summed E-state index contributed by atoms with van der Waals surface area (Å²) >= 11 is 0. The SMILES string of the molecule is CCC(N)c1ccccc1OCCCCC(C)(C)C#N. The quantitative estimate of drug-likeness (QED) is 0.723. The summed E-state index contributed by atoms with van der Waals surface area (Å²) in [7, 11) is 0. The highest BCUT2D eigenvalue weighted by molar-refractivity contribution is 5.35. The zero-order valence-corrected chi connectivity index (χ0v) is 12.9. The van der Waals surface area contributed by atoms with Crippen LogP contribution in [0.2, 0.25) is 0 Å². The summed E-state index contributed by atoms with van der Waals surface area (Å²) in [4.78, 5) is 0. The van der Waals surface area contributed by atoms with E-state index in [0.29, 0.717) is 6.61 Å². The molecule has 0 spiro atoms. The predicted molar refractivity (Wildman–Crippen MR) is 82.4 cm³/mol. The third-order valence-electron chi connectivity index (χ3n) is 3.51. The molecule has 0 fully saturated rings. The molecule has 3 heteroatoms. The first-order valence-corrected chi connectivity index (χ1v) is 7.38. The monoisotopic (exact) mass is 274 g/mol. The van der Waals surface area contributed by atoms with E-state index in [1.807, 2.05) is 38.1 Å². The Morgan fingerprint density at radius 1 is 1.30 bits per heavy atom. The number of para-hydroxylation sites is 1. The average Bonchev–Trinajstić information content (AvgIpc) is 2.46. The molecule has 0 saturated carbocycles. The van der Waals surface area contributed by atoms with Gasteiger partial charge in [0.25, 0.3) is 0 Å². The van der Waals surface area contributed by atoms with Crippen LogP contribution in [0.25, 0.3) is 0 Å². The summed E-state index contributed by atoms with van der Waals surface area (Å²) in [5.74, 6) is 0.890. The van der Waals surface area contributed by atoms with E-state index in [4.69, 9.17) is 15.7 Å². The van der Waals surface area contributed by atoms with E-state index in [9.17, 15) is 0 Å². The first-order valence-electron chi connectivity index (χ1n) is 7.38. The number of nitriles is 1. The fourth-order valence-electron chi connectivity index (χ4n) is 2.05. The van der Waals surface area contributed by atoms with E-state index in [0.717, 1.165) is 37.0 Å². The van der Waals surface area contributed by atoms with E-state index in [1.54, 1.807) is 0 Å². The highest BCUT2D eigenvalue weighted by Gasteiger charge is 2.15. The highest BCUT2D eigenvalue weighted by Crippen LogP contribution is 2.26. The van der Waals surface area contributed by atoms with Gasteiger partial charge in [0.15, 0.2) is 0 Å². The summed E-state index contributed by atoms with van der Waals surface area (Å²) < 4.78 is 5.85. The first kappa shape index (κ1) is 16.5. The lowest BCUT2D eigenvalue weighted by Crippen LogP contribution is -2.12. The second kappa shape index (κ2) is 7.91. The van der Waals surface area contributed by atoms with Crippen LogP contribution in [0.15, 0.2) is 24.3 Å². The summed E-state index contributed by atoms with van der Waals surface area (Å²) in [6, 6.07) is 10.3. The number of nitrogens with two attached hydrogens (primary N) is 1. The molecular weight excluding hydrogens is 248 g/mol. The van der Waals surface area contributed by atoms with Crippen LogP contribution in [0.4, 0.5) is 0 Å². The van der Waals surface area contributed by atoms with E-state index in [2.05, 4.69) is 13.0 Å². The Morgan fingerprint density at radius 2 is 2.00 bits per heavy atom. The maximum absolute atomic E-state index is 8.96. The molecule has 1 atom stereocenters. The van der Waals surface area contributed by atoms with Gasteiger partial charge in [-0.05, 0) is 45.6 Å². The molecule has 1 aromatic rings. The van der Waals surface area contributed by atoms with Crippen molar-refractivity contribution in [3.05, 3.63) is 29.8 Å². The second-order valence-corrected chi connectivity index (χ2v) is 5.85. The van der Waals surface area contributed by atoms with Crippen molar-refractivity contribution in [2.45, 2.75) is 52.5 Å². The number of rotatable bonds is 8. The van der Waals surface area contributed by atoms with Crippen molar-refractivity contribution in [1.29, 1.82) is 5.26 Å². The van der Waals surface area contributed by atoms with Gasteiger partial charge in [-0.25, -0.2) is 0 Å². The van der Waals surface area contributed by atoms with Crippen molar-refractivity contribution in [3.63, 3.8) is 0 Å². The maximum Gasteiger partial charge on any atom is 0.124 e. The van der Waals surface area contributed by atoms with E-state index >= 15 is 0 Å². The maximum atomic E-state index is 8.96. The van der Waals surface area contributed by atoms with Crippen LogP contribution in [0.5, 0.6) is 5.75 Å². The normalized spacial score (nSPS) is 12.8. The van der Waals surface area contributed by atoms with Crippen LogP contribution < -0.4 is 10.5 Å². The minimum atomic E-state index is -0.234. The van der Waals surface area contributed by atoms with Gasteiger partial charge in [0.1, 0.15) is 5.75 Å². The Labute approximate surface area is 122 Å². The van der Waals surface area contributed by atoms with Gasteiger partial charge in [0.05, 0.1) is 18.1 Å². The van der Waals surface area contributed by atoms with Crippen LogP contribution >= 0.6 is 0 Å². The summed E-state index contributed by atoms with van der Waals surface area (Å²) in [5.41, 5.74) is 6.93. The molecule has 0 aliphatic rings. The van der Waals surface area contributed by atoms with Crippen LogP contribution in [0, 0.1) is 16.7 Å². The van der Waals surface area contributed by atoms with E-state index in [-0.39, 0.29) is 11.5 Å². The molecule has 0 bridgehead atoms. The predicted octanol–water partition coefficient (Wildman–Crippen LogP) is 4.20. The van der Waals surface area contributed by atoms with Gasteiger partial charge in [-0.1, -0.05) is 25.1 Å². The molecule has 0 amide bonds. The van der Waals surface area contributed by atoms with Crippen LogP contribution in [0.1, 0.15) is 58.1 Å². The Bertz CT molecular complexity index is 449. The number of benzene rings is 1. The number of unbranched alkanes of at least 4 members (excludes halogenated alkanes) is 1. The lowest BCUT2D eigenvalue weighted by molar-refractivity contribution is 0.290. The molecule has 0 radical (unpaired) electrons. The number of nitrogens with zero attached hydrogens (tertiary/aromatic N) is 1. The Hall–Kier alpha value is -1.53. The highest BCUT2D eigenvalue weighted by atomic mass is 16.5. The lowest BCUT2D eigenvalue weighted by atomic mass is 9.89. The molecule has 110 valence electrons. The molecule has 0 aliphatic heterocycles. The van der Waals surface area contributed by atoms with Gasteiger partial charge < -0.3 is 10.5 Å². The van der Waals surface area contributed by atoms with Gasteiger partial charge in [-0.2, -0.15) is 5.26 Å². The largest absolute Gasteiger partial charge is 0.493 e. The van der Waals surface area contributed by atoms with Gasteiger partial charge >= 0.3 is 0 Å². The van der Waals surface area contributed by atoms with Gasteiger partial charge in [-0.3, -0.25) is 0 Å². The molecular formula is C17H26N2O. The third-order valence-corrected chi connectivity index (χ3v) is 3.51. The van der Waals surface area contributed by atoms with Crippen molar-refractivity contribution in [3.8, 4) is 11.8 Å². The minimum Gasteiger partial charge on any atom is -0.493 e. The number of ether oxygens (including phenoxy) is 1. The summed E-state index contributed by atoms with van der Waals surface area (Å²) in [6.07, 6.45) is 3.77. The minimum absolute atomic E-state index is 0.0312. The molecule has 1 unspecified atom stereocenters. The Kier molecular flexibility index (Phi) is 6.54. The van der Waals surface area contributed by atoms with Gasteiger partial charge in [0.2, 0.25) is 0 Å². The molecule has 0 aliphatic carbocycles. The summed E-state index contributed by atoms with van der Waals surface area (Å²) in [6.45, 7) is 6.70. The first-order chi connectivity index (χ1) is 9.50. The number of hydrogen-bond acceptors (Lipinski definition) is 3. The smallest absolute Gasteiger partial charge is 0.124 e. The van der Waals surface area contributed by atoms with Crippen molar-refractivity contribution in [2.75, 3.05) is 6.61 Å². The molecule has 1 rings (SSSR count). The van der Waals surface area contributed by atoms with E-state index < -0.39 is 0 Å². The zero-order chi connectivity index (χ0) is 15.0. The Morgan fingerprint density at radius 3 is 2.65 bits per heavy atom. The molecule has 0 saturated heterocycles. The number of hydrogen-bond donors (Lipinski definition) is 1. The molecule has 0 heterocycles. The molecule has 20 heavy (non-hydrogen) atoms. The molecule has 0 aromatic heterocycles. The summed E-state index contributed by atoms with van der Waals surface area (Å²) in [5, 5.41) is 8.96. The molecule has 2 N–H and O–H groups in total. The average molecular weight is 274 g/mol. The van der Waals surface area contributed by atoms with Crippen molar-refractivity contribution in [1.82, 2.24) is 0 Å². The standard InChI is InChI=1S/C17H26N2O/c1-4-15(19)14-9-5-6-10-16(14)20-12-8-7-11-17(2,3)13-18/h5-6,9-10,15H,4,7-8,11-12,19H2,1-3H3. The molecule has 1 aromatic carbocycles. The molecule has 3 nitrogen and oxygen atoms in total. The Balaban J connectivity index is 2.41. The van der Waals surface area contributed by atoms with Crippen LogP contribution in [-0.4, -0.2) is 6.61 Å².